The molecule has 1 rings (SSSR count). The molecule has 0 amide bonds. The van der Waals surface area contributed by atoms with Gasteiger partial charge in [-0.05, 0) is 20.8 Å². The molecule has 5 nitrogen and oxygen atoms in total. The number of nitrogens with zero attached hydrogens (tertiary/aromatic N) is 2. The SMILES string of the molecule is Cc1nonc1CC(C)(C)C(=O)O. The Morgan fingerprint density at radius 3 is 2.54 bits per heavy atom. The molecule has 1 aromatic heterocycles. The van der Waals surface area contributed by atoms with Gasteiger partial charge in [0.2, 0.25) is 0 Å². The van der Waals surface area contributed by atoms with Crippen molar-refractivity contribution < 1.29 is 14.5 Å². The van der Waals surface area contributed by atoms with Gasteiger partial charge in [-0.15, -0.1) is 0 Å². The van der Waals surface area contributed by atoms with Crippen molar-refractivity contribution in [3.63, 3.8) is 0 Å². The Kier molecular flexibility index (Phi) is 2.36. The average Bonchev–Trinajstić information content (AvgIpc) is 2.35. The third-order valence-electron chi connectivity index (χ3n) is 1.93. The Labute approximate surface area is 75.7 Å². The predicted molar refractivity (Wildman–Crippen MR) is 44.2 cm³/mol. The Morgan fingerprint density at radius 2 is 2.15 bits per heavy atom. The van der Waals surface area contributed by atoms with E-state index in [2.05, 4.69) is 14.9 Å². The molecule has 0 unspecified atom stereocenters. The number of rotatable bonds is 3. The number of hydrogen-bond acceptors (Lipinski definition) is 4. The summed E-state index contributed by atoms with van der Waals surface area (Å²) in [6.07, 6.45) is 0.331. The van der Waals surface area contributed by atoms with Gasteiger partial charge in [0.25, 0.3) is 0 Å². The Bertz CT molecular complexity index is 317. The zero-order chi connectivity index (χ0) is 10.1. The van der Waals surface area contributed by atoms with Crippen molar-refractivity contribution in [3.8, 4) is 0 Å². The first-order chi connectivity index (χ1) is 5.93. The molecule has 0 spiro atoms. The first-order valence-electron chi connectivity index (χ1n) is 3.95. The maximum Gasteiger partial charge on any atom is 0.309 e. The molecule has 0 saturated carbocycles. The first kappa shape index (κ1) is 9.70. The number of carboxylic acids is 1. The van der Waals surface area contributed by atoms with Crippen LogP contribution in [0, 0.1) is 12.3 Å². The molecule has 0 bridgehead atoms. The quantitative estimate of drug-likeness (QED) is 0.759. The highest BCUT2D eigenvalue weighted by Crippen LogP contribution is 2.21. The number of hydrogen-bond donors (Lipinski definition) is 1. The largest absolute Gasteiger partial charge is 0.481 e. The van der Waals surface area contributed by atoms with Gasteiger partial charge in [-0.1, -0.05) is 10.3 Å². The molecule has 1 N–H and O–H groups in total. The highest BCUT2D eigenvalue weighted by atomic mass is 16.6. The molecule has 0 aliphatic carbocycles. The second-order valence-corrected chi connectivity index (χ2v) is 3.66. The summed E-state index contributed by atoms with van der Waals surface area (Å²) in [5, 5.41) is 16.1. The van der Waals surface area contributed by atoms with Crippen LogP contribution >= 0.6 is 0 Å². The molecule has 5 heteroatoms. The van der Waals surface area contributed by atoms with E-state index in [4.69, 9.17) is 5.11 Å². The molecule has 0 aliphatic rings. The average molecular weight is 184 g/mol. The minimum atomic E-state index is -0.852. The maximum absolute atomic E-state index is 10.8. The fraction of sp³-hybridized carbons (Fsp3) is 0.625. The van der Waals surface area contributed by atoms with Crippen LogP contribution in [-0.4, -0.2) is 21.4 Å². The van der Waals surface area contributed by atoms with E-state index in [0.717, 1.165) is 0 Å². The number of aromatic nitrogens is 2. The van der Waals surface area contributed by atoms with Gasteiger partial charge >= 0.3 is 5.97 Å². The van der Waals surface area contributed by atoms with Crippen LogP contribution in [0.15, 0.2) is 4.63 Å². The van der Waals surface area contributed by atoms with Crippen LogP contribution in [0.1, 0.15) is 25.2 Å². The van der Waals surface area contributed by atoms with Crippen LogP contribution in [-0.2, 0) is 11.2 Å². The summed E-state index contributed by atoms with van der Waals surface area (Å²) in [7, 11) is 0. The molecule has 13 heavy (non-hydrogen) atoms. The van der Waals surface area contributed by atoms with Crippen LogP contribution in [0.3, 0.4) is 0 Å². The molecule has 1 heterocycles. The summed E-state index contributed by atoms with van der Waals surface area (Å²) in [5.74, 6) is -0.852. The molecule has 0 aliphatic heterocycles. The second kappa shape index (κ2) is 3.16. The van der Waals surface area contributed by atoms with Gasteiger partial charge in [-0.25, -0.2) is 4.63 Å². The van der Waals surface area contributed by atoms with E-state index in [0.29, 0.717) is 17.8 Å². The number of carbonyl (C=O) groups is 1. The molecule has 0 saturated heterocycles. The smallest absolute Gasteiger partial charge is 0.309 e. The van der Waals surface area contributed by atoms with Crippen LogP contribution in [0.4, 0.5) is 0 Å². The number of aliphatic carboxylic acids is 1. The van der Waals surface area contributed by atoms with Crippen LogP contribution < -0.4 is 0 Å². The van der Waals surface area contributed by atoms with E-state index < -0.39 is 11.4 Å². The summed E-state index contributed by atoms with van der Waals surface area (Å²) in [6.45, 7) is 5.02. The summed E-state index contributed by atoms with van der Waals surface area (Å²) in [6, 6.07) is 0. The van der Waals surface area contributed by atoms with Gasteiger partial charge in [-0.3, -0.25) is 4.79 Å². The highest BCUT2D eigenvalue weighted by Gasteiger charge is 2.29. The van der Waals surface area contributed by atoms with E-state index in [1.807, 2.05) is 0 Å². The van der Waals surface area contributed by atoms with E-state index in [1.54, 1.807) is 20.8 Å². The molecule has 0 atom stereocenters. The van der Waals surface area contributed by atoms with Crippen LogP contribution in [0.5, 0.6) is 0 Å². The third-order valence-corrected chi connectivity index (χ3v) is 1.93. The Hall–Kier alpha value is -1.39. The molecule has 0 fully saturated rings. The van der Waals surface area contributed by atoms with Gasteiger partial charge < -0.3 is 5.11 Å². The summed E-state index contributed by atoms with van der Waals surface area (Å²) < 4.78 is 4.48. The summed E-state index contributed by atoms with van der Waals surface area (Å²) in [5.41, 5.74) is 0.422. The lowest BCUT2D eigenvalue weighted by Crippen LogP contribution is -2.26. The van der Waals surface area contributed by atoms with Crippen molar-refractivity contribution >= 4 is 5.97 Å². The van der Waals surface area contributed by atoms with E-state index in [1.165, 1.54) is 0 Å². The standard InChI is InChI=1S/C8H12N2O3/c1-5-6(10-13-9-5)4-8(2,3)7(11)12/h4H2,1-3H3,(H,11,12). The summed E-state index contributed by atoms with van der Waals surface area (Å²) >= 11 is 0. The van der Waals surface area contributed by atoms with Crippen molar-refractivity contribution in [2.24, 2.45) is 5.41 Å². The third kappa shape index (κ3) is 2.05. The van der Waals surface area contributed by atoms with Crippen molar-refractivity contribution in [1.29, 1.82) is 0 Å². The maximum atomic E-state index is 10.8. The fourth-order valence-electron chi connectivity index (χ4n) is 0.904. The van der Waals surface area contributed by atoms with Gasteiger partial charge in [-0.2, -0.15) is 0 Å². The van der Waals surface area contributed by atoms with E-state index in [9.17, 15) is 4.79 Å². The normalized spacial score (nSPS) is 11.6. The lowest BCUT2D eigenvalue weighted by molar-refractivity contribution is -0.146. The molecule has 0 radical (unpaired) electrons. The van der Waals surface area contributed by atoms with Gasteiger partial charge in [0.05, 0.1) is 5.41 Å². The van der Waals surface area contributed by atoms with Gasteiger partial charge in [0, 0.05) is 6.42 Å². The van der Waals surface area contributed by atoms with Crippen molar-refractivity contribution in [1.82, 2.24) is 10.3 Å². The topological polar surface area (TPSA) is 76.2 Å². The lowest BCUT2D eigenvalue weighted by Gasteiger charge is -2.16. The minimum absolute atomic E-state index is 0.331. The molecule has 0 aromatic carbocycles. The van der Waals surface area contributed by atoms with Gasteiger partial charge in [0.1, 0.15) is 11.4 Å². The summed E-state index contributed by atoms with van der Waals surface area (Å²) in [4.78, 5) is 10.8. The Balaban J connectivity index is 2.80. The molecular weight excluding hydrogens is 172 g/mol. The monoisotopic (exact) mass is 184 g/mol. The Morgan fingerprint density at radius 1 is 1.54 bits per heavy atom. The van der Waals surface area contributed by atoms with E-state index in [-0.39, 0.29) is 0 Å². The van der Waals surface area contributed by atoms with Crippen molar-refractivity contribution in [3.05, 3.63) is 11.4 Å². The second-order valence-electron chi connectivity index (χ2n) is 3.66. The molecule has 72 valence electrons. The highest BCUT2D eigenvalue weighted by molar-refractivity contribution is 5.73. The first-order valence-corrected chi connectivity index (χ1v) is 3.95. The minimum Gasteiger partial charge on any atom is -0.481 e. The van der Waals surface area contributed by atoms with Crippen LogP contribution in [0.25, 0.3) is 0 Å². The van der Waals surface area contributed by atoms with Crippen LogP contribution in [0.2, 0.25) is 0 Å². The zero-order valence-corrected chi connectivity index (χ0v) is 7.87. The zero-order valence-electron chi connectivity index (χ0n) is 7.87. The number of carboxylic acid groups (broad SMARTS) is 1. The predicted octanol–water partition coefficient (Wildman–Crippen LogP) is 1.03. The molecule has 1 aromatic rings. The fourth-order valence-corrected chi connectivity index (χ4v) is 0.904. The molecular formula is C8H12N2O3. The van der Waals surface area contributed by atoms with Crippen molar-refractivity contribution in [2.45, 2.75) is 27.2 Å². The van der Waals surface area contributed by atoms with E-state index >= 15 is 0 Å². The van der Waals surface area contributed by atoms with Crippen molar-refractivity contribution in [2.75, 3.05) is 0 Å². The number of aryl methyl sites for hydroxylation is 1. The lowest BCUT2D eigenvalue weighted by atomic mass is 9.87. The van der Waals surface area contributed by atoms with Gasteiger partial charge in [0.15, 0.2) is 0 Å².